The minimum absolute atomic E-state index is 0.476. The molecule has 0 spiro atoms. The van der Waals surface area contributed by atoms with Gasteiger partial charge in [0.05, 0.1) is 46.0 Å². The average molecular weight is 434 g/mol. The van der Waals surface area contributed by atoms with Gasteiger partial charge in [0, 0.05) is 5.56 Å². The predicted octanol–water partition coefficient (Wildman–Crippen LogP) is 4.82. The number of benzene rings is 3. The Balaban J connectivity index is 1.69. The zero-order valence-corrected chi connectivity index (χ0v) is 18.6. The fraction of sp³-hybridized carbons (Fsp3) is 0.240. The first-order chi connectivity index (χ1) is 15.7. The molecule has 0 fully saturated rings. The van der Waals surface area contributed by atoms with E-state index < -0.39 is 0 Å². The summed E-state index contributed by atoms with van der Waals surface area (Å²) in [7, 11) is 6.44. The molecule has 1 aromatic heterocycles. The van der Waals surface area contributed by atoms with Gasteiger partial charge in [-0.25, -0.2) is 4.98 Å². The number of methoxy groups -OCH3 is 4. The number of hydrogen-bond acceptors (Lipinski definition) is 6. The summed E-state index contributed by atoms with van der Waals surface area (Å²) in [5, 5.41) is 0. The van der Waals surface area contributed by atoms with Crippen LogP contribution < -0.4 is 23.7 Å². The highest BCUT2D eigenvalue weighted by Gasteiger charge is 2.19. The minimum atomic E-state index is 0.476. The van der Waals surface area contributed by atoms with Crippen molar-refractivity contribution in [3.63, 3.8) is 0 Å². The molecule has 0 unspecified atom stereocenters. The van der Waals surface area contributed by atoms with Crippen molar-refractivity contribution in [2.45, 2.75) is 6.54 Å². The highest BCUT2D eigenvalue weighted by molar-refractivity contribution is 5.81. The standard InChI is InChI=1S/C25H26N2O5/c1-28-18-9-11-19(12-10-18)32-14-13-27-21-8-6-5-7-20(21)26-25(27)17-15-22(29-2)24(31-4)23(16-17)30-3/h5-12,15-16H,13-14H2,1-4H3. The maximum atomic E-state index is 5.97. The van der Waals surface area contributed by atoms with Crippen molar-refractivity contribution in [2.24, 2.45) is 0 Å². The fourth-order valence-corrected chi connectivity index (χ4v) is 3.66. The first-order valence-corrected chi connectivity index (χ1v) is 10.2. The number of para-hydroxylation sites is 2. The summed E-state index contributed by atoms with van der Waals surface area (Å²) >= 11 is 0. The quantitative estimate of drug-likeness (QED) is 0.376. The Morgan fingerprint density at radius 1 is 0.750 bits per heavy atom. The molecular weight excluding hydrogens is 408 g/mol. The van der Waals surface area contributed by atoms with Gasteiger partial charge in [-0.1, -0.05) is 12.1 Å². The SMILES string of the molecule is COc1ccc(OCCn2c(-c3cc(OC)c(OC)c(OC)c3)nc3ccccc32)cc1. The Morgan fingerprint density at radius 3 is 2.03 bits per heavy atom. The zero-order chi connectivity index (χ0) is 22.5. The van der Waals surface area contributed by atoms with Crippen LogP contribution in [0.4, 0.5) is 0 Å². The van der Waals surface area contributed by atoms with E-state index in [0.29, 0.717) is 30.4 Å². The molecule has 7 heteroatoms. The molecule has 0 radical (unpaired) electrons. The van der Waals surface area contributed by atoms with Crippen LogP contribution in [0, 0.1) is 0 Å². The van der Waals surface area contributed by atoms with E-state index in [4.69, 9.17) is 28.7 Å². The molecule has 0 bridgehead atoms. The van der Waals surface area contributed by atoms with Gasteiger partial charge >= 0.3 is 0 Å². The highest BCUT2D eigenvalue weighted by atomic mass is 16.5. The second-order valence-corrected chi connectivity index (χ2v) is 7.01. The lowest BCUT2D eigenvalue weighted by Gasteiger charge is -2.15. The Bertz CT molecular complexity index is 1180. The molecule has 7 nitrogen and oxygen atoms in total. The van der Waals surface area contributed by atoms with Gasteiger partial charge < -0.3 is 28.3 Å². The van der Waals surface area contributed by atoms with Crippen LogP contribution in [-0.2, 0) is 6.54 Å². The molecule has 3 aromatic carbocycles. The smallest absolute Gasteiger partial charge is 0.203 e. The van der Waals surface area contributed by atoms with Crippen molar-refractivity contribution in [2.75, 3.05) is 35.0 Å². The second kappa shape index (κ2) is 9.51. The van der Waals surface area contributed by atoms with Crippen LogP contribution >= 0.6 is 0 Å². The fourth-order valence-electron chi connectivity index (χ4n) is 3.66. The maximum absolute atomic E-state index is 5.97. The lowest BCUT2D eigenvalue weighted by atomic mass is 10.1. The van der Waals surface area contributed by atoms with Crippen LogP contribution in [0.25, 0.3) is 22.4 Å². The third-order valence-corrected chi connectivity index (χ3v) is 5.22. The second-order valence-electron chi connectivity index (χ2n) is 7.01. The van der Waals surface area contributed by atoms with E-state index in [1.807, 2.05) is 54.6 Å². The number of rotatable bonds is 9. The topological polar surface area (TPSA) is 64.0 Å². The monoisotopic (exact) mass is 434 g/mol. The summed E-state index contributed by atoms with van der Waals surface area (Å²) in [6.07, 6.45) is 0. The normalized spacial score (nSPS) is 10.8. The molecule has 0 atom stereocenters. The van der Waals surface area contributed by atoms with E-state index in [2.05, 4.69) is 10.6 Å². The third-order valence-electron chi connectivity index (χ3n) is 5.22. The maximum Gasteiger partial charge on any atom is 0.203 e. The molecule has 0 aliphatic carbocycles. The Labute approximate surface area is 187 Å². The number of hydrogen-bond donors (Lipinski definition) is 0. The summed E-state index contributed by atoms with van der Waals surface area (Å²) in [5.74, 6) is 4.07. The Morgan fingerprint density at radius 2 is 1.41 bits per heavy atom. The summed E-state index contributed by atoms with van der Waals surface area (Å²) in [6.45, 7) is 1.09. The van der Waals surface area contributed by atoms with E-state index in [1.54, 1.807) is 28.4 Å². The van der Waals surface area contributed by atoms with Gasteiger partial charge in [-0.05, 0) is 48.5 Å². The Kier molecular flexibility index (Phi) is 6.35. The number of ether oxygens (including phenoxy) is 5. The van der Waals surface area contributed by atoms with Crippen LogP contribution in [0.1, 0.15) is 0 Å². The molecular formula is C25H26N2O5. The van der Waals surface area contributed by atoms with Crippen molar-refractivity contribution < 1.29 is 23.7 Å². The van der Waals surface area contributed by atoms with Crippen molar-refractivity contribution in [3.05, 3.63) is 60.7 Å². The van der Waals surface area contributed by atoms with E-state index in [0.717, 1.165) is 33.9 Å². The van der Waals surface area contributed by atoms with E-state index in [-0.39, 0.29) is 0 Å². The molecule has 4 rings (SSSR count). The van der Waals surface area contributed by atoms with E-state index >= 15 is 0 Å². The highest BCUT2D eigenvalue weighted by Crippen LogP contribution is 2.41. The molecule has 166 valence electrons. The number of fused-ring (bicyclic) bond motifs is 1. The predicted molar refractivity (Wildman–Crippen MR) is 123 cm³/mol. The van der Waals surface area contributed by atoms with Crippen molar-refractivity contribution >= 4 is 11.0 Å². The first kappa shape index (κ1) is 21.4. The van der Waals surface area contributed by atoms with Crippen LogP contribution in [-0.4, -0.2) is 44.6 Å². The molecule has 4 aromatic rings. The molecule has 0 amide bonds. The number of nitrogens with zero attached hydrogens (tertiary/aromatic N) is 2. The molecule has 0 saturated carbocycles. The first-order valence-electron chi connectivity index (χ1n) is 10.2. The van der Waals surface area contributed by atoms with Gasteiger partial charge in [0.25, 0.3) is 0 Å². The Hall–Kier alpha value is -3.87. The van der Waals surface area contributed by atoms with Gasteiger partial charge in [0.2, 0.25) is 5.75 Å². The zero-order valence-electron chi connectivity index (χ0n) is 18.6. The molecule has 0 saturated heterocycles. The van der Waals surface area contributed by atoms with Crippen molar-refractivity contribution in [1.82, 2.24) is 9.55 Å². The van der Waals surface area contributed by atoms with Gasteiger partial charge in [0.15, 0.2) is 11.5 Å². The lowest BCUT2D eigenvalue weighted by molar-refractivity contribution is 0.300. The molecule has 32 heavy (non-hydrogen) atoms. The van der Waals surface area contributed by atoms with Crippen molar-refractivity contribution in [3.8, 4) is 40.1 Å². The summed E-state index contributed by atoms with van der Waals surface area (Å²) in [4.78, 5) is 4.88. The van der Waals surface area contributed by atoms with Gasteiger partial charge in [-0.2, -0.15) is 0 Å². The molecule has 0 aliphatic rings. The van der Waals surface area contributed by atoms with Crippen molar-refractivity contribution in [1.29, 1.82) is 0 Å². The van der Waals surface area contributed by atoms with E-state index in [1.165, 1.54) is 0 Å². The largest absolute Gasteiger partial charge is 0.497 e. The average Bonchev–Trinajstić information content (AvgIpc) is 3.22. The number of aromatic nitrogens is 2. The summed E-state index contributed by atoms with van der Waals surface area (Å²) < 4.78 is 29.8. The summed E-state index contributed by atoms with van der Waals surface area (Å²) in [6, 6.07) is 19.4. The summed E-state index contributed by atoms with van der Waals surface area (Å²) in [5.41, 5.74) is 2.79. The molecule has 1 heterocycles. The van der Waals surface area contributed by atoms with Crippen LogP contribution in [0.5, 0.6) is 28.7 Å². The van der Waals surface area contributed by atoms with Gasteiger partial charge in [-0.3, -0.25) is 0 Å². The number of imidazole rings is 1. The van der Waals surface area contributed by atoms with Crippen LogP contribution in [0.3, 0.4) is 0 Å². The van der Waals surface area contributed by atoms with Crippen LogP contribution in [0.2, 0.25) is 0 Å². The molecule has 0 N–H and O–H groups in total. The van der Waals surface area contributed by atoms with Gasteiger partial charge in [-0.15, -0.1) is 0 Å². The minimum Gasteiger partial charge on any atom is -0.497 e. The van der Waals surface area contributed by atoms with E-state index in [9.17, 15) is 0 Å². The molecule has 0 aliphatic heterocycles. The van der Waals surface area contributed by atoms with Crippen LogP contribution in [0.15, 0.2) is 60.7 Å². The third kappa shape index (κ3) is 4.14. The lowest BCUT2D eigenvalue weighted by Crippen LogP contribution is -2.09. The van der Waals surface area contributed by atoms with Gasteiger partial charge in [0.1, 0.15) is 23.9 Å².